The van der Waals surface area contributed by atoms with E-state index in [1.54, 1.807) is 12.1 Å². The molecule has 0 bridgehead atoms. The molecule has 1 N–H and O–H groups in total. The van der Waals surface area contributed by atoms with Crippen LogP contribution >= 0.6 is 23.2 Å². The van der Waals surface area contributed by atoms with E-state index < -0.39 is 17.7 Å². The molecule has 0 radical (unpaired) electrons. The molecule has 2 aromatic carbocycles. The van der Waals surface area contributed by atoms with Gasteiger partial charge in [-0.2, -0.15) is 5.10 Å². The van der Waals surface area contributed by atoms with E-state index in [9.17, 15) is 13.9 Å². The number of benzene rings is 2. The molecule has 1 aromatic heterocycles. The lowest BCUT2D eigenvalue weighted by molar-refractivity contribution is 0.221. The lowest BCUT2D eigenvalue weighted by atomic mass is 9.98. The Hall–Kier alpha value is -2.15. The molecule has 0 amide bonds. The van der Waals surface area contributed by atoms with Gasteiger partial charge < -0.3 is 9.84 Å². The van der Waals surface area contributed by atoms with Gasteiger partial charge in [0.05, 0.1) is 29.0 Å². The first kappa shape index (κ1) is 18.6. The molecule has 0 aliphatic heterocycles. The van der Waals surface area contributed by atoms with Gasteiger partial charge in [0.2, 0.25) is 0 Å². The van der Waals surface area contributed by atoms with Crippen molar-refractivity contribution < 1.29 is 18.6 Å². The zero-order valence-electron chi connectivity index (χ0n) is 13.8. The first-order chi connectivity index (χ1) is 12.3. The van der Waals surface area contributed by atoms with Crippen LogP contribution in [0.4, 0.5) is 8.78 Å². The Morgan fingerprint density at radius 3 is 2.38 bits per heavy atom. The smallest absolute Gasteiger partial charge is 0.157 e. The number of nitrogens with zero attached hydrogens (tertiary/aromatic N) is 2. The molecular weight excluding hydrogens is 385 g/mol. The van der Waals surface area contributed by atoms with Gasteiger partial charge in [0.1, 0.15) is 23.5 Å². The minimum absolute atomic E-state index is 0.0324. The fourth-order valence-corrected chi connectivity index (χ4v) is 3.36. The maximum atomic E-state index is 14.3. The van der Waals surface area contributed by atoms with E-state index in [0.717, 1.165) is 12.1 Å². The molecule has 3 rings (SSSR count). The summed E-state index contributed by atoms with van der Waals surface area (Å²) in [6.07, 6.45) is -1.34. The molecule has 1 heterocycles. The second-order valence-corrected chi connectivity index (χ2v) is 6.33. The molecule has 0 spiro atoms. The van der Waals surface area contributed by atoms with Crippen molar-refractivity contribution >= 4 is 23.2 Å². The third-order valence-electron chi connectivity index (χ3n) is 4.01. The Morgan fingerprint density at radius 1 is 1.15 bits per heavy atom. The zero-order chi connectivity index (χ0) is 19.0. The monoisotopic (exact) mass is 398 g/mol. The van der Waals surface area contributed by atoms with Crippen LogP contribution in [-0.4, -0.2) is 22.0 Å². The first-order valence-corrected chi connectivity index (χ1v) is 8.29. The fraction of sp³-hybridized carbons (Fsp3) is 0.167. The zero-order valence-corrected chi connectivity index (χ0v) is 15.3. The van der Waals surface area contributed by atoms with E-state index in [0.29, 0.717) is 11.3 Å². The highest BCUT2D eigenvalue weighted by molar-refractivity contribution is 6.32. The highest BCUT2D eigenvalue weighted by Gasteiger charge is 2.28. The van der Waals surface area contributed by atoms with Crippen LogP contribution in [0.25, 0.3) is 11.3 Å². The summed E-state index contributed by atoms with van der Waals surface area (Å²) in [6.45, 7) is 0. The maximum Gasteiger partial charge on any atom is 0.157 e. The molecule has 0 saturated carbocycles. The number of aryl methyl sites for hydroxylation is 1. The molecule has 1 unspecified atom stereocenters. The SMILES string of the molecule is COc1ccc(C(O)c2c(Cl)nn(C)c2-c2c(F)cccc2F)c(Cl)c1. The van der Waals surface area contributed by atoms with Crippen molar-refractivity contribution in [2.75, 3.05) is 7.11 Å². The lowest BCUT2D eigenvalue weighted by Gasteiger charge is -2.16. The quantitative estimate of drug-likeness (QED) is 0.688. The molecule has 0 aliphatic carbocycles. The highest BCUT2D eigenvalue weighted by atomic mass is 35.5. The molecule has 0 saturated heterocycles. The molecular formula is C18H14Cl2F2N2O2. The van der Waals surface area contributed by atoms with Crippen molar-refractivity contribution in [3.05, 3.63) is 69.3 Å². The molecule has 3 aromatic rings. The third-order valence-corrected chi connectivity index (χ3v) is 4.62. The summed E-state index contributed by atoms with van der Waals surface area (Å²) in [5, 5.41) is 15.0. The average Bonchev–Trinajstić information content (AvgIpc) is 2.88. The number of methoxy groups -OCH3 is 1. The number of aliphatic hydroxyl groups is 1. The van der Waals surface area contributed by atoms with Crippen LogP contribution in [0.15, 0.2) is 36.4 Å². The number of ether oxygens (including phenoxy) is 1. The van der Waals surface area contributed by atoms with E-state index >= 15 is 0 Å². The van der Waals surface area contributed by atoms with E-state index in [-0.39, 0.29) is 27.0 Å². The Labute approximate surface area is 158 Å². The van der Waals surface area contributed by atoms with Gasteiger partial charge in [-0.1, -0.05) is 35.3 Å². The van der Waals surface area contributed by atoms with Crippen LogP contribution in [0.1, 0.15) is 17.2 Å². The maximum absolute atomic E-state index is 14.3. The summed E-state index contributed by atoms with van der Waals surface area (Å²) in [4.78, 5) is 0. The predicted octanol–water partition coefficient (Wildman–Crippen LogP) is 4.76. The summed E-state index contributed by atoms with van der Waals surface area (Å²) in [6, 6.07) is 8.18. The third kappa shape index (κ3) is 3.16. The number of hydrogen-bond acceptors (Lipinski definition) is 3. The molecule has 8 heteroatoms. The lowest BCUT2D eigenvalue weighted by Crippen LogP contribution is -2.06. The summed E-state index contributed by atoms with van der Waals surface area (Å²) in [7, 11) is 2.97. The summed E-state index contributed by atoms with van der Waals surface area (Å²) >= 11 is 12.4. The molecule has 0 aliphatic rings. The van der Waals surface area contributed by atoms with Crippen molar-refractivity contribution in [3.63, 3.8) is 0 Å². The van der Waals surface area contributed by atoms with Gasteiger partial charge in [-0.25, -0.2) is 8.78 Å². The van der Waals surface area contributed by atoms with Crippen LogP contribution in [0.3, 0.4) is 0 Å². The Balaban J connectivity index is 2.21. The van der Waals surface area contributed by atoms with Gasteiger partial charge in [0.15, 0.2) is 5.15 Å². The van der Waals surface area contributed by atoms with E-state index in [1.165, 1.54) is 31.0 Å². The average molecular weight is 399 g/mol. The van der Waals surface area contributed by atoms with Crippen LogP contribution in [0, 0.1) is 11.6 Å². The van der Waals surface area contributed by atoms with Gasteiger partial charge in [0.25, 0.3) is 0 Å². The van der Waals surface area contributed by atoms with Gasteiger partial charge in [-0.05, 0) is 24.3 Å². The number of halogens is 4. The Morgan fingerprint density at radius 2 is 1.81 bits per heavy atom. The second kappa shape index (κ2) is 7.23. The summed E-state index contributed by atoms with van der Waals surface area (Å²) in [5.74, 6) is -1.08. The van der Waals surface area contributed by atoms with E-state index in [4.69, 9.17) is 27.9 Å². The summed E-state index contributed by atoms with van der Waals surface area (Å²) < 4.78 is 34.9. The van der Waals surface area contributed by atoms with Crippen LogP contribution in [-0.2, 0) is 7.05 Å². The predicted molar refractivity (Wildman–Crippen MR) is 95.6 cm³/mol. The molecule has 136 valence electrons. The molecule has 0 fully saturated rings. The number of rotatable bonds is 4. The first-order valence-electron chi connectivity index (χ1n) is 7.53. The van der Waals surface area contributed by atoms with Gasteiger partial charge >= 0.3 is 0 Å². The minimum Gasteiger partial charge on any atom is -0.497 e. The molecule has 4 nitrogen and oxygen atoms in total. The van der Waals surface area contributed by atoms with Gasteiger partial charge in [-0.15, -0.1) is 0 Å². The molecule has 1 atom stereocenters. The van der Waals surface area contributed by atoms with Crippen molar-refractivity contribution in [1.29, 1.82) is 0 Å². The highest BCUT2D eigenvalue weighted by Crippen LogP contribution is 2.40. The van der Waals surface area contributed by atoms with Crippen molar-refractivity contribution in [1.82, 2.24) is 9.78 Å². The van der Waals surface area contributed by atoms with Crippen molar-refractivity contribution in [2.24, 2.45) is 7.05 Å². The van der Waals surface area contributed by atoms with Gasteiger partial charge in [0, 0.05) is 12.6 Å². The normalized spacial score (nSPS) is 12.3. The number of hydrogen-bond donors (Lipinski definition) is 1. The minimum atomic E-state index is -1.34. The van der Waals surface area contributed by atoms with Crippen molar-refractivity contribution in [3.8, 4) is 17.0 Å². The molecule has 26 heavy (non-hydrogen) atoms. The summed E-state index contributed by atoms with van der Waals surface area (Å²) in [5.41, 5.74) is 0.0728. The van der Waals surface area contributed by atoms with E-state index in [1.807, 2.05) is 0 Å². The second-order valence-electron chi connectivity index (χ2n) is 5.56. The van der Waals surface area contributed by atoms with Crippen LogP contribution in [0.2, 0.25) is 10.2 Å². The van der Waals surface area contributed by atoms with Crippen molar-refractivity contribution in [2.45, 2.75) is 6.10 Å². The van der Waals surface area contributed by atoms with E-state index in [2.05, 4.69) is 5.10 Å². The largest absolute Gasteiger partial charge is 0.497 e. The van der Waals surface area contributed by atoms with Gasteiger partial charge in [-0.3, -0.25) is 4.68 Å². The fourth-order valence-electron chi connectivity index (χ4n) is 2.78. The topological polar surface area (TPSA) is 47.3 Å². The Kier molecular flexibility index (Phi) is 5.18. The standard InChI is InChI=1S/C18H14Cl2F2N2O2/c1-24-16(14-12(21)4-3-5-13(14)22)15(18(20)23-24)17(25)10-7-6-9(26-2)8-11(10)19/h3-8,17,25H,1-2H3. The van der Waals surface area contributed by atoms with Crippen LogP contribution in [0.5, 0.6) is 5.75 Å². The number of aliphatic hydroxyl groups excluding tert-OH is 1. The van der Waals surface area contributed by atoms with Crippen LogP contribution < -0.4 is 4.74 Å². The Bertz CT molecular complexity index is 956. The number of aromatic nitrogens is 2.